The van der Waals surface area contributed by atoms with E-state index in [0.29, 0.717) is 6.61 Å². The predicted molar refractivity (Wildman–Crippen MR) is 58.0 cm³/mol. The van der Waals surface area contributed by atoms with Crippen molar-refractivity contribution in [3.63, 3.8) is 0 Å². The molecule has 2 nitrogen and oxygen atoms in total. The number of rotatable bonds is 6. The highest BCUT2D eigenvalue weighted by atomic mass is 32.2. The van der Waals surface area contributed by atoms with Gasteiger partial charge in [-0.3, -0.25) is 4.79 Å². The van der Waals surface area contributed by atoms with Gasteiger partial charge >= 0.3 is 0 Å². The van der Waals surface area contributed by atoms with E-state index in [4.69, 9.17) is 4.74 Å². The van der Waals surface area contributed by atoms with Crippen LogP contribution in [0.1, 0.15) is 33.6 Å². The van der Waals surface area contributed by atoms with Gasteiger partial charge < -0.3 is 4.74 Å². The summed E-state index contributed by atoms with van der Waals surface area (Å²) in [6.45, 7) is 6.78. The van der Waals surface area contributed by atoms with Crippen LogP contribution in [0.15, 0.2) is 0 Å². The topological polar surface area (TPSA) is 26.3 Å². The van der Waals surface area contributed by atoms with Gasteiger partial charge in [-0.1, -0.05) is 39.0 Å². The number of methoxy groups -OCH3 is 1. The molecule has 0 aromatic rings. The summed E-state index contributed by atoms with van der Waals surface area (Å²) >= 11 is 1.38. The summed E-state index contributed by atoms with van der Waals surface area (Å²) in [6.07, 6.45) is 2.02. The van der Waals surface area contributed by atoms with Gasteiger partial charge in [0, 0.05) is 18.3 Å². The van der Waals surface area contributed by atoms with Crippen molar-refractivity contribution in [3.05, 3.63) is 0 Å². The van der Waals surface area contributed by atoms with Crippen LogP contribution in [0.25, 0.3) is 0 Å². The molecule has 0 fully saturated rings. The van der Waals surface area contributed by atoms with Crippen molar-refractivity contribution in [1.29, 1.82) is 0 Å². The van der Waals surface area contributed by atoms with Crippen LogP contribution in [-0.2, 0) is 9.53 Å². The number of hydrogen-bond donors (Lipinski definition) is 0. The molecule has 0 N–H and O–H groups in total. The fourth-order valence-corrected chi connectivity index (χ4v) is 2.07. The van der Waals surface area contributed by atoms with Crippen LogP contribution in [0.4, 0.5) is 0 Å². The molecule has 0 aliphatic carbocycles. The van der Waals surface area contributed by atoms with Crippen LogP contribution in [0.3, 0.4) is 0 Å². The highest BCUT2D eigenvalue weighted by Gasteiger charge is 2.26. The largest absolute Gasteiger partial charge is 0.384 e. The standard InChI is InChI=1S/C10H20O2S/c1-5-6-10(2,3)9(11)13-8-7-12-4/h5-8H2,1-4H3. The zero-order valence-electron chi connectivity index (χ0n) is 9.05. The molecule has 13 heavy (non-hydrogen) atoms. The zero-order valence-corrected chi connectivity index (χ0v) is 9.87. The molecular weight excluding hydrogens is 184 g/mol. The van der Waals surface area contributed by atoms with Gasteiger partial charge in [0.1, 0.15) is 0 Å². The maximum absolute atomic E-state index is 11.6. The molecule has 0 bridgehead atoms. The Balaban J connectivity index is 3.80. The number of ether oxygens (including phenoxy) is 1. The first-order chi connectivity index (χ1) is 6.04. The van der Waals surface area contributed by atoms with Crippen molar-refractivity contribution >= 4 is 16.9 Å². The lowest BCUT2D eigenvalue weighted by atomic mass is 9.90. The smallest absolute Gasteiger partial charge is 0.194 e. The Morgan fingerprint density at radius 2 is 2.08 bits per heavy atom. The minimum atomic E-state index is -0.173. The van der Waals surface area contributed by atoms with Gasteiger partial charge in [0.2, 0.25) is 0 Å². The van der Waals surface area contributed by atoms with Crippen molar-refractivity contribution in [1.82, 2.24) is 0 Å². The summed E-state index contributed by atoms with van der Waals surface area (Å²) in [7, 11) is 1.65. The summed E-state index contributed by atoms with van der Waals surface area (Å²) in [6, 6.07) is 0. The minimum Gasteiger partial charge on any atom is -0.384 e. The van der Waals surface area contributed by atoms with Crippen LogP contribution in [-0.4, -0.2) is 24.6 Å². The second kappa shape index (κ2) is 6.44. The first-order valence-electron chi connectivity index (χ1n) is 4.70. The number of thioether (sulfide) groups is 1. The Morgan fingerprint density at radius 3 is 2.54 bits per heavy atom. The fraction of sp³-hybridized carbons (Fsp3) is 0.900. The van der Waals surface area contributed by atoms with Crippen molar-refractivity contribution < 1.29 is 9.53 Å². The highest BCUT2D eigenvalue weighted by Crippen LogP contribution is 2.28. The second-order valence-electron chi connectivity index (χ2n) is 3.76. The van der Waals surface area contributed by atoms with Crippen LogP contribution in [0.2, 0.25) is 0 Å². The Kier molecular flexibility index (Phi) is 6.43. The van der Waals surface area contributed by atoms with Crippen LogP contribution in [0, 0.1) is 5.41 Å². The van der Waals surface area contributed by atoms with Gasteiger partial charge in [0.25, 0.3) is 0 Å². The molecule has 0 aromatic heterocycles. The third-order valence-electron chi connectivity index (χ3n) is 1.95. The van der Waals surface area contributed by atoms with E-state index >= 15 is 0 Å². The lowest BCUT2D eigenvalue weighted by molar-refractivity contribution is -0.118. The van der Waals surface area contributed by atoms with Crippen molar-refractivity contribution in [2.24, 2.45) is 5.41 Å². The Morgan fingerprint density at radius 1 is 1.46 bits per heavy atom. The zero-order chi connectivity index (χ0) is 10.3. The van der Waals surface area contributed by atoms with Gasteiger partial charge in [-0.15, -0.1) is 0 Å². The molecule has 0 aliphatic heterocycles. The first-order valence-corrected chi connectivity index (χ1v) is 5.69. The molecular formula is C10H20O2S. The monoisotopic (exact) mass is 204 g/mol. The molecule has 0 saturated heterocycles. The van der Waals surface area contributed by atoms with Crippen molar-refractivity contribution in [2.75, 3.05) is 19.5 Å². The number of carbonyl (C=O) groups is 1. The number of carbonyl (C=O) groups excluding carboxylic acids is 1. The van der Waals surface area contributed by atoms with E-state index in [2.05, 4.69) is 6.92 Å². The third-order valence-corrected chi connectivity index (χ3v) is 3.13. The predicted octanol–water partition coefficient (Wildman–Crippen LogP) is 2.72. The molecule has 0 spiro atoms. The maximum Gasteiger partial charge on any atom is 0.194 e. The fourth-order valence-electron chi connectivity index (χ4n) is 1.14. The Labute approximate surface area is 85.4 Å². The molecule has 0 radical (unpaired) electrons. The van der Waals surface area contributed by atoms with E-state index in [-0.39, 0.29) is 10.5 Å². The SMILES string of the molecule is CCCC(C)(C)C(=O)SCCOC. The van der Waals surface area contributed by atoms with Crippen LogP contribution < -0.4 is 0 Å². The average molecular weight is 204 g/mol. The summed E-state index contributed by atoms with van der Waals surface area (Å²) in [5.74, 6) is 0.766. The van der Waals surface area contributed by atoms with E-state index in [0.717, 1.165) is 18.6 Å². The lowest BCUT2D eigenvalue weighted by Crippen LogP contribution is -2.21. The molecule has 0 unspecified atom stereocenters. The molecule has 0 amide bonds. The second-order valence-corrected chi connectivity index (χ2v) is 4.83. The van der Waals surface area contributed by atoms with Gasteiger partial charge in [-0.25, -0.2) is 0 Å². The molecule has 0 aliphatic rings. The van der Waals surface area contributed by atoms with E-state index in [1.54, 1.807) is 7.11 Å². The normalized spacial score (nSPS) is 11.7. The Bertz CT molecular complexity index is 155. The van der Waals surface area contributed by atoms with Crippen molar-refractivity contribution in [3.8, 4) is 0 Å². The van der Waals surface area contributed by atoms with E-state index < -0.39 is 0 Å². The number of hydrogen-bond acceptors (Lipinski definition) is 3. The average Bonchev–Trinajstić information content (AvgIpc) is 2.04. The molecule has 0 heterocycles. The first kappa shape index (κ1) is 13.0. The summed E-state index contributed by atoms with van der Waals surface area (Å²) in [5.41, 5.74) is -0.173. The van der Waals surface area contributed by atoms with E-state index in [1.165, 1.54) is 11.8 Å². The van der Waals surface area contributed by atoms with Gasteiger partial charge in [-0.05, 0) is 6.42 Å². The molecule has 0 rings (SSSR count). The molecule has 0 saturated carbocycles. The quantitative estimate of drug-likeness (QED) is 0.622. The summed E-state index contributed by atoms with van der Waals surface area (Å²) < 4.78 is 4.89. The van der Waals surface area contributed by atoms with Gasteiger partial charge in [0.15, 0.2) is 5.12 Å². The maximum atomic E-state index is 11.6. The molecule has 0 atom stereocenters. The van der Waals surface area contributed by atoms with E-state index in [9.17, 15) is 4.79 Å². The molecule has 78 valence electrons. The summed E-state index contributed by atoms with van der Waals surface area (Å²) in [4.78, 5) is 11.6. The van der Waals surface area contributed by atoms with Crippen LogP contribution >= 0.6 is 11.8 Å². The summed E-state index contributed by atoms with van der Waals surface area (Å²) in [5, 5.41) is 0.284. The third kappa shape index (κ3) is 5.32. The Hall–Kier alpha value is -0.0200. The highest BCUT2D eigenvalue weighted by molar-refractivity contribution is 8.13. The van der Waals surface area contributed by atoms with Gasteiger partial charge in [0.05, 0.1) is 6.61 Å². The van der Waals surface area contributed by atoms with Crippen LogP contribution in [0.5, 0.6) is 0 Å². The molecule has 0 aromatic carbocycles. The van der Waals surface area contributed by atoms with Gasteiger partial charge in [-0.2, -0.15) is 0 Å². The van der Waals surface area contributed by atoms with E-state index in [1.807, 2.05) is 13.8 Å². The van der Waals surface area contributed by atoms with Crippen molar-refractivity contribution in [2.45, 2.75) is 33.6 Å². The lowest BCUT2D eigenvalue weighted by Gasteiger charge is -2.21. The minimum absolute atomic E-state index is 0.173. The molecule has 3 heteroatoms.